The Labute approximate surface area is 227 Å². The molecule has 1 aliphatic carbocycles. The van der Waals surface area contributed by atoms with Crippen molar-refractivity contribution in [3.05, 3.63) is 70.4 Å². The number of anilines is 3. The monoisotopic (exact) mass is 552 g/mol. The lowest BCUT2D eigenvalue weighted by molar-refractivity contribution is -0.136. The Morgan fingerprint density at radius 3 is 2.37 bits per heavy atom. The number of sulfone groups is 1. The lowest BCUT2D eigenvalue weighted by Gasteiger charge is -2.38. The van der Waals surface area contributed by atoms with Gasteiger partial charge in [0.2, 0.25) is 5.95 Å². The van der Waals surface area contributed by atoms with Crippen molar-refractivity contribution in [2.24, 2.45) is 11.8 Å². The molecule has 2 atom stereocenters. The summed E-state index contributed by atoms with van der Waals surface area (Å²) >= 11 is 6.12. The molecule has 10 heteroatoms. The van der Waals surface area contributed by atoms with Crippen LogP contribution in [0.4, 0.5) is 17.5 Å². The summed E-state index contributed by atoms with van der Waals surface area (Å²) in [7, 11) is -3.52. The van der Waals surface area contributed by atoms with E-state index in [-0.39, 0.29) is 17.1 Å². The normalized spacial score (nSPS) is 23.6. The molecule has 38 heavy (non-hydrogen) atoms. The summed E-state index contributed by atoms with van der Waals surface area (Å²) in [4.78, 5) is 23.0. The zero-order valence-corrected chi connectivity index (χ0v) is 22.4. The Kier molecular flexibility index (Phi) is 6.52. The van der Waals surface area contributed by atoms with E-state index in [1.54, 1.807) is 24.3 Å². The highest BCUT2D eigenvalue weighted by molar-refractivity contribution is 7.91. The number of aromatic nitrogens is 2. The van der Waals surface area contributed by atoms with Crippen LogP contribution in [0.5, 0.6) is 0 Å². The highest BCUT2D eigenvalue weighted by atomic mass is 35.5. The minimum absolute atomic E-state index is 0.0734. The van der Waals surface area contributed by atoms with E-state index in [0.717, 1.165) is 31.0 Å². The fourth-order valence-electron chi connectivity index (χ4n) is 6.37. The molecule has 2 bridgehead atoms. The van der Waals surface area contributed by atoms with Crippen LogP contribution in [0.25, 0.3) is 0 Å². The summed E-state index contributed by atoms with van der Waals surface area (Å²) < 4.78 is 26.2. The van der Waals surface area contributed by atoms with Gasteiger partial charge in [-0.15, -0.1) is 0 Å². The number of fused-ring (bicyclic) bond motifs is 3. The maximum Gasteiger partial charge on any atom is 0.307 e. The summed E-state index contributed by atoms with van der Waals surface area (Å²) in [6, 6.07) is 15.1. The van der Waals surface area contributed by atoms with Gasteiger partial charge in [-0.3, -0.25) is 4.79 Å². The molecule has 1 saturated heterocycles. The second-order valence-corrected chi connectivity index (χ2v) is 13.0. The zero-order valence-electron chi connectivity index (χ0n) is 20.8. The van der Waals surface area contributed by atoms with Gasteiger partial charge in [0.25, 0.3) is 0 Å². The Balaban J connectivity index is 1.31. The average Bonchev–Trinajstić information content (AvgIpc) is 3.13. The number of hydrogen-bond donors (Lipinski definition) is 2. The van der Waals surface area contributed by atoms with Crippen LogP contribution < -0.4 is 10.2 Å². The number of rotatable bonds is 6. The molecule has 0 amide bonds. The molecule has 6 rings (SSSR count). The van der Waals surface area contributed by atoms with Crippen LogP contribution in [0.2, 0.25) is 5.02 Å². The molecular weight excluding hydrogens is 524 g/mol. The number of piperidine rings is 1. The number of hydrogen-bond acceptors (Lipinski definition) is 7. The molecule has 0 spiro atoms. The van der Waals surface area contributed by atoms with Gasteiger partial charge in [0, 0.05) is 23.8 Å². The lowest BCUT2D eigenvalue weighted by atomic mass is 9.80. The third-order valence-corrected chi connectivity index (χ3v) is 10.1. The number of nitrogens with zero attached hydrogens (tertiary/aromatic N) is 3. The summed E-state index contributed by atoms with van der Waals surface area (Å²) in [6.07, 6.45) is 3.34. The lowest BCUT2D eigenvalue weighted by Crippen LogP contribution is -2.42. The molecule has 3 aliphatic rings. The molecule has 3 heterocycles. The average molecular weight is 553 g/mol. The number of benzene rings is 2. The first-order valence-electron chi connectivity index (χ1n) is 13.0. The van der Waals surface area contributed by atoms with Gasteiger partial charge in [0.05, 0.1) is 17.9 Å². The second-order valence-electron chi connectivity index (χ2n) is 10.5. The fraction of sp³-hybridized carbons (Fsp3) is 0.393. The molecule has 2 N–H and O–H groups in total. The third kappa shape index (κ3) is 4.85. The van der Waals surface area contributed by atoms with Crippen LogP contribution in [0.15, 0.2) is 53.4 Å². The molecule has 8 nitrogen and oxygen atoms in total. The van der Waals surface area contributed by atoms with E-state index in [1.165, 1.54) is 5.56 Å². The highest BCUT2D eigenvalue weighted by Gasteiger charge is 2.44. The minimum Gasteiger partial charge on any atom is -0.481 e. The Hall–Kier alpha value is -3.17. The van der Waals surface area contributed by atoms with Crippen LogP contribution in [0.3, 0.4) is 0 Å². The van der Waals surface area contributed by atoms with Crippen molar-refractivity contribution in [2.45, 2.75) is 42.9 Å². The van der Waals surface area contributed by atoms with Crippen molar-refractivity contribution in [3.8, 4) is 0 Å². The summed E-state index contributed by atoms with van der Waals surface area (Å²) in [5, 5.41) is 13.0. The first-order chi connectivity index (χ1) is 18.3. The van der Waals surface area contributed by atoms with E-state index in [2.05, 4.69) is 22.3 Å². The third-order valence-electron chi connectivity index (χ3n) is 8.01. The van der Waals surface area contributed by atoms with Crippen molar-refractivity contribution >= 4 is 44.9 Å². The SMILES string of the molecule is O=C(O)Cc1ccc(Nc2nc(N3CC4CCC(C3)C4c3ccc(Cl)cc3)nc3c2S(=O)(=O)CCC3)cc1. The molecule has 2 aromatic carbocycles. The van der Waals surface area contributed by atoms with Gasteiger partial charge in [-0.1, -0.05) is 35.9 Å². The van der Waals surface area contributed by atoms with E-state index in [4.69, 9.17) is 26.7 Å². The number of carboxylic acid groups (broad SMARTS) is 1. The number of aryl methyl sites for hydroxylation is 1. The molecule has 1 aromatic heterocycles. The predicted octanol–water partition coefficient (Wildman–Crippen LogP) is 4.85. The van der Waals surface area contributed by atoms with Gasteiger partial charge in [0.1, 0.15) is 4.90 Å². The molecule has 2 aliphatic heterocycles. The summed E-state index contributed by atoms with van der Waals surface area (Å²) in [5.41, 5.74) is 3.21. The van der Waals surface area contributed by atoms with Gasteiger partial charge in [-0.05, 0) is 78.8 Å². The first kappa shape index (κ1) is 25.1. The van der Waals surface area contributed by atoms with Gasteiger partial charge in [-0.25, -0.2) is 13.4 Å². The topological polar surface area (TPSA) is 112 Å². The van der Waals surface area contributed by atoms with Crippen LogP contribution in [-0.4, -0.2) is 48.3 Å². The summed E-state index contributed by atoms with van der Waals surface area (Å²) in [6.45, 7) is 1.64. The first-order valence-corrected chi connectivity index (χ1v) is 15.0. The van der Waals surface area contributed by atoms with Crippen molar-refractivity contribution in [2.75, 3.05) is 29.1 Å². The van der Waals surface area contributed by atoms with Crippen LogP contribution in [0, 0.1) is 11.8 Å². The zero-order chi connectivity index (χ0) is 26.4. The molecule has 3 aromatic rings. The number of nitrogens with one attached hydrogen (secondary N) is 1. The number of aliphatic carboxylic acids is 1. The summed E-state index contributed by atoms with van der Waals surface area (Å²) in [5.74, 6) is 1.45. The second kappa shape index (κ2) is 9.85. The van der Waals surface area contributed by atoms with Gasteiger partial charge in [0.15, 0.2) is 15.7 Å². The number of carbonyl (C=O) groups is 1. The minimum atomic E-state index is -3.52. The predicted molar refractivity (Wildman–Crippen MR) is 146 cm³/mol. The van der Waals surface area contributed by atoms with E-state index in [9.17, 15) is 13.2 Å². The van der Waals surface area contributed by atoms with Gasteiger partial charge >= 0.3 is 5.97 Å². The van der Waals surface area contributed by atoms with Crippen molar-refractivity contribution < 1.29 is 18.3 Å². The standard InChI is InChI=1S/C28H29ClN4O4S/c29-21-9-7-18(8-10-21)25-19-5-6-20(25)16-33(15-19)28-31-23-2-1-13-38(36,37)26(23)27(32-28)30-22-11-3-17(4-12-22)14-24(34)35/h3-4,7-12,19-20,25H,1-2,5-6,13-16H2,(H,34,35)(H,30,31,32). The van der Waals surface area contributed by atoms with Crippen molar-refractivity contribution in [3.63, 3.8) is 0 Å². The van der Waals surface area contributed by atoms with Crippen molar-refractivity contribution in [1.82, 2.24) is 9.97 Å². The smallest absolute Gasteiger partial charge is 0.307 e. The van der Waals surface area contributed by atoms with E-state index < -0.39 is 15.8 Å². The molecule has 1 saturated carbocycles. The van der Waals surface area contributed by atoms with Gasteiger partial charge < -0.3 is 15.3 Å². The van der Waals surface area contributed by atoms with Gasteiger partial charge in [-0.2, -0.15) is 4.98 Å². The number of halogens is 1. The molecular formula is C28H29ClN4O4S. The Morgan fingerprint density at radius 2 is 1.71 bits per heavy atom. The van der Waals surface area contributed by atoms with Crippen LogP contribution in [-0.2, 0) is 27.5 Å². The Bertz CT molecular complexity index is 1460. The number of carboxylic acids is 1. The largest absolute Gasteiger partial charge is 0.481 e. The quantitative estimate of drug-likeness (QED) is 0.446. The maximum atomic E-state index is 13.1. The van der Waals surface area contributed by atoms with E-state index in [1.807, 2.05) is 12.1 Å². The van der Waals surface area contributed by atoms with Crippen LogP contribution in [0.1, 0.15) is 42.0 Å². The molecule has 0 radical (unpaired) electrons. The fourth-order valence-corrected chi connectivity index (χ4v) is 8.12. The van der Waals surface area contributed by atoms with Crippen molar-refractivity contribution in [1.29, 1.82) is 0 Å². The van der Waals surface area contributed by atoms with Crippen LogP contribution >= 0.6 is 11.6 Å². The maximum absolute atomic E-state index is 13.1. The molecule has 2 unspecified atom stereocenters. The highest BCUT2D eigenvalue weighted by Crippen LogP contribution is 2.49. The Morgan fingerprint density at radius 1 is 1.03 bits per heavy atom. The van der Waals surface area contributed by atoms with E-state index >= 15 is 0 Å². The molecule has 198 valence electrons. The molecule has 2 fully saturated rings. The van der Waals surface area contributed by atoms with E-state index in [0.29, 0.717) is 59.3 Å².